The van der Waals surface area contributed by atoms with Crippen molar-refractivity contribution in [3.05, 3.63) is 53.1 Å². The third kappa shape index (κ3) is 2.99. The molecule has 19 heavy (non-hydrogen) atoms. The summed E-state index contributed by atoms with van der Waals surface area (Å²) in [6, 6.07) is 7.90. The van der Waals surface area contributed by atoms with E-state index in [9.17, 15) is 9.18 Å². The van der Waals surface area contributed by atoms with Crippen molar-refractivity contribution >= 4 is 11.6 Å². The molecule has 0 aliphatic carbocycles. The fourth-order valence-electron chi connectivity index (χ4n) is 1.81. The van der Waals surface area contributed by atoms with E-state index in [4.69, 9.17) is 5.26 Å². The van der Waals surface area contributed by atoms with Crippen LogP contribution in [0.1, 0.15) is 13.3 Å². The highest BCUT2D eigenvalue weighted by Crippen LogP contribution is 2.21. The molecular weight excluding hydrogens is 245 g/mol. The Bertz CT molecular complexity index is 609. The van der Waals surface area contributed by atoms with Gasteiger partial charge in [-0.15, -0.1) is 0 Å². The Kier molecular flexibility index (Phi) is 3.62. The molecule has 0 radical (unpaired) electrons. The second-order valence-corrected chi connectivity index (χ2v) is 4.16. The third-order valence-electron chi connectivity index (χ3n) is 2.74. The van der Waals surface area contributed by atoms with Crippen LogP contribution in [0.25, 0.3) is 0 Å². The minimum absolute atomic E-state index is 0.147. The van der Waals surface area contributed by atoms with Crippen LogP contribution in [0.15, 0.2) is 47.3 Å². The van der Waals surface area contributed by atoms with Crippen molar-refractivity contribution in [2.24, 2.45) is 0 Å². The molecule has 1 aliphatic heterocycles. The summed E-state index contributed by atoms with van der Waals surface area (Å²) >= 11 is 0. The summed E-state index contributed by atoms with van der Waals surface area (Å²) in [5.74, 6) is -0.465. The fourth-order valence-corrected chi connectivity index (χ4v) is 1.81. The van der Waals surface area contributed by atoms with E-state index in [1.807, 2.05) is 0 Å². The van der Waals surface area contributed by atoms with E-state index in [1.54, 1.807) is 25.3 Å². The molecule has 0 aromatic heterocycles. The zero-order valence-corrected chi connectivity index (χ0v) is 10.3. The number of halogens is 1. The minimum Gasteiger partial charge on any atom is -0.361 e. The molecule has 0 bridgehead atoms. The van der Waals surface area contributed by atoms with E-state index in [0.29, 0.717) is 22.5 Å². The normalized spacial score (nSPS) is 17.1. The molecule has 96 valence electrons. The van der Waals surface area contributed by atoms with Crippen LogP contribution in [-0.2, 0) is 4.79 Å². The van der Waals surface area contributed by atoms with Gasteiger partial charge in [-0.3, -0.25) is 4.79 Å². The second kappa shape index (κ2) is 5.36. The molecule has 4 nitrogen and oxygen atoms in total. The molecule has 1 aromatic rings. The largest absolute Gasteiger partial charge is 0.361 e. The number of amides is 1. The number of carbonyl (C=O) groups excluding carboxylic acids is 1. The number of nitrogens with one attached hydrogen (secondary N) is 2. The molecule has 0 atom stereocenters. The monoisotopic (exact) mass is 257 g/mol. The lowest BCUT2D eigenvalue weighted by Crippen LogP contribution is -2.28. The molecule has 1 heterocycles. The van der Waals surface area contributed by atoms with Crippen molar-refractivity contribution < 1.29 is 9.18 Å². The molecule has 0 unspecified atom stereocenters. The molecule has 0 saturated heterocycles. The van der Waals surface area contributed by atoms with Gasteiger partial charge in [-0.1, -0.05) is 0 Å². The van der Waals surface area contributed by atoms with Crippen LogP contribution < -0.4 is 10.6 Å². The van der Waals surface area contributed by atoms with Crippen LogP contribution in [0.4, 0.5) is 10.1 Å². The topological polar surface area (TPSA) is 64.9 Å². The van der Waals surface area contributed by atoms with Gasteiger partial charge in [-0.25, -0.2) is 4.39 Å². The Morgan fingerprint density at radius 3 is 2.74 bits per heavy atom. The minimum atomic E-state index is -0.316. The van der Waals surface area contributed by atoms with Crippen LogP contribution in [0, 0.1) is 17.1 Å². The summed E-state index contributed by atoms with van der Waals surface area (Å²) in [5, 5.41) is 14.6. The van der Waals surface area contributed by atoms with Crippen LogP contribution in [0.5, 0.6) is 0 Å². The Hall–Kier alpha value is -2.61. The quantitative estimate of drug-likeness (QED) is 0.855. The van der Waals surface area contributed by atoms with Crippen molar-refractivity contribution in [1.82, 2.24) is 5.32 Å². The number of benzene rings is 1. The maximum absolute atomic E-state index is 12.8. The maximum atomic E-state index is 12.8. The molecule has 1 aliphatic rings. The van der Waals surface area contributed by atoms with Crippen LogP contribution >= 0.6 is 0 Å². The summed E-state index contributed by atoms with van der Waals surface area (Å²) in [6.07, 6.45) is 1.75. The summed E-state index contributed by atoms with van der Waals surface area (Å²) in [4.78, 5) is 11.4. The van der Waals surface area contributed by atoms with Crippen molar-refractivity contribution in [1.29, 1.82) is 5.26 Å². The predicted octanol–water partition coefficient (Wildman–Crippen LogP) is 2.44. The van der Waals surface area contributed by atoms with Gasteiger partial charge in [-0.05, 0) is 36.8 Å². The van der Waals surface area contributed by atoms with Gasteiger partial charge in [0.25, 0.3) is 0 Å². The number of anilines is 1. The maximum Gasteiger partial charge on any atom is 0.228 e. The SMILES string of the molecule is CC1=C(C#N)C(=CNc2ccc(F)cc2)CC(=O)N1. The summed E-state index contributed by atoms with van der Waals surface area (Å²) in [7, 11) is 0. The number of nitrogens with zero attached hydrogens (tertiary/aromatic N) is 1. The van der Waals surface area contributed by atoms with Crippen molar-refractivity contribution in [2.75, 3.05) is 5.32 Å². The molecule has 0 spiro atoms. The third-order valence-corrected chi connectivity index (χ3v) is 2.74. The molecular formula is C14H12FN3O. The smallest absolute Gasteiger partial charge is 0.228 e. The van der Waals surface area contributed by atoms with Gasteiger partial charge in [0.1, 0.15) is 11.9 Å². The Balaban J connectivity index is 2.22. The van der Waals surface area contributed by atoms with E-state index in [1.165, 1.54) is 12.1 Å². The first-order valence-corrected chi connectivity index (χ1v) is 5.72. The van der Waals surface area contributed by atoms with Crippen LogP contribution in [0.3, 0.4) is 0 Å². The van der Waals surface area contributed by atoms with Crippen molar-refractivity contribution in [3.8, 4) is 6.07 Å². The fraction of sp³-hybridized carbons (Fsp3) is 0.143. The summed E-state index contributed by atoms with van der Waals surface area (Å²) in [5.41, 5.74) is 2.31. The zero-order valence-electron chi connectivity index (χ0n) is 10.3. The average Bonchev–Trinajstić information content (AvgIpc) is 2.37. The van der Waals surface area contributed by atoms with E-state index in [2.05, 4.69) is 16.7 Å². The van der Waals surface area contributed by atoms with Gasteiger partial charge in [0.2, 0.25) is 5.91 Å². The van der Waals surface area contributed by atoms with Crippen molar-refractivity contribution in [3.63, 3.8) is 0 Å². The van der Waals surface area contributed by atoms with Gasteiger partial charge >= 0.3 is 0 Å². The number of carbonyl (C=O) groups is 1. The summed E-state index contributed by atoms with van der Waals surface area (Å²) in [6.45, 7) is 1.68. The highest BCUT2D eigenvalue weighted by molar-refractivity contribution is 5.85. The first-order chi connectivity index (χ1) is 9.10. The lowest BCUT2D eigenvalue weighted by molar-refractivity contribution is -0.119. The average molecular weight is 257 g/mol. The van der Waals surface area contributed by atoms with E-state index < -0.39 is 0 Å². The lowest BCUT2D eigenvalue weighted by Gasteiger charge is -2.17. The Labute approximate surface area is 110 Å². The molecule has 2 N–H and O–H groups in total. The predicted molar refractivity (Wildman–Crippen MR) is 69.2 cm³/mol. The first-order valence-electron chi connectivity index (χ1n) is 5.72. The van der Waals surface area contributed by atoms with E-state index in [0.717, 1.165) is 0 Å². The standard InChI is InChI=1S/C14H12FN3O/c1-9-13(7-16)10(6-14(19)18-9)8-17-12-4-2-11(15)3-5-12/h2-5,8,17H,6H2,1H3,(H,18,19). The second-order valence-electron chi connectivity index (χ2n) is 4.16. The van der Waals surface area contributed by atoms with Gasteiger partial charge in [-0.2, -0.15) is 5.26 Å². The molecule has 5 heteroatoms. The molecule has 0 saturated carbocycles. The van der Waals surface area contributed by atoms with Crippen LogP contribution in [-0.4, -0.2) is 5.91 Å². The molecule has 2 rings (SSSR count). The van der Waals surface area contributed by atoms with Crippen LogP contribution in [0.2, 0.25) is 0 Å². The lowest BCUT2D eigenvalue weighted by atomic mass is 9.99. The number of allylic oxidation sites excluding steroid dienone is 2. The number of hydrogen-bond donors (Lipinski definition) is 2. The molecule has 1 aromatic carbocycles. The number of hydrogen-bond acceptors (Lipinski definition) is 3. The Morgan fingerprint density at radius 1 is 1.42 bits per heavy atom. The summed E-state index contributed by atoms with van der Waals surface area (Å²) < 4.78 is 12.8. The van der Waals surface area contributed by atoms with E-state index >= 15 is 0 Å². The zero-order chi connectivity index (χ0) is 13.8. The Morgan fingerprint density at radius 2 is 2.11 bits per heavy atom. The van der Waals surface area contributed by atoms with E-state index in [-0.39, 0.29) is 18.1 Å². The highest BCUT2D eigenvalue weighted by atomic mass is 19.1. The molecule has 0 fully saturated rings. The van der Waals surface area contributed by atoms with Gasteiger partial charge < -0.3 is 10.6 Å². The molecule has 1 amide bonds. The van der Waals surface area contributed by atoms with Crippen molar-refractivity contribution in [2.45, 2.75) is 13.3 Å². The number of nitriles is 1. The van der Waals surface area contributed by atoms with Gasteiger partial charge in [0, 0.05) is 17.6 Å². The van der Waals surface area contributed by atoms with Gasteiger partial charge in [0.15, 0.2) is 0 Å². The first kappa shape index (κ1) is 12.8. The highest BCUT2D eigenvalue weighted by Gasteiger charge is 2.19. The van der Waals surface area contributed by atoms with Gasteiger partial charge in [0.05, 0.1) is 12.0 Å². The number of rotatable bonds is 2.